The van der Waals surface area contributed by atoms with E-state index < -0.39 is 17.6 Å². The van der Waals surface area contributed by atoms with Gasteiger partial charge in [-0.3, -0.25) is 5.32 Å². The first-order chi connectivity index (χ1) is 8.95. The van der Waals surface area contributed by atoms with Crippen molar-refractivity contribution in [2.45, 2.75) is 19.4 Å². The fraction of sp³-hybridized carbons (Fsp3) is 0.417. The normalized spacial score (nSPS) is 13.2. The predicted octanol–water partition coefficient (Wildman–Crippen LogP) is 0.517. The van der Waals surface area contributed by atoms with Crippen LogP contribution in [0.4, 0.5) is 10.6 Å². The molecule has 0 saturated carbocycles. The second-order valence-electron chi connectivity index (χ2n) is 4.02. The first-order valence-corrected chi connectivity index (χ1v) is 5.81. The van der Waals surface area contributed by atoms with E-state index in [2.05, 4.69) is 20.4 Å². The van der Waals surface area contributed by atoms with Crippen molar-refractivity contribution in [3.8, 4) is 0 Å². The fourth-order valence-corrected chi connectivity index (χ4v) is 1.21. The molecule has 3 N–H and O–H groups in total. The van der Waals surface area contributed by atoms with E-state index in [9.17, 15) is 14.7 Å². The third-order valence-electron chi connectivity index (χ3n) is 2.21. The van der Waals surface area contributed by atoms with Crippen molar-refractivity contribution in [3.05, 3.63) is 24.4 Å². The van der Waals surface area contributed by atoms with Crippen LogP contribution in [0.2, 0.25) is 0 Å². The SMILES string of the molecule is CCOC(=O)C(C)(O)CNC(=O)Nc1ccccn1. The maximum absolute atomic E-state index is 11.5. The minimum atomic E-state index is -1.77. The molecule has 1 atom stereocenters. The van der Waals surface area contributed by atoms with Gasteiger partial charge in [0.25, 0.3) is 0 Å². The van der Waals surface area contributed by atoms with Crippen LogP contribution in [-0.2, 0) is 9.53 Å². The molecule has 1 aromatic heterocycles. The van der Waals surface area contributed by atoms with Gasteiger partial charge >= 0.3 is 12.0 Å². The number of aromatic nitrogens is 1. The van der Waals surface area contributed by atoms with Gasteiger partial charge in [-0.1, -0.05) is 6.07 Å². The quantitative estimate of drug-likeness (QED) is 0.675. The van der Waals surface area contributed by atoms with Gasteiger partial charge in [0.15, 0.2) is 5.60 Å². The zero-order valence-corrected chi connectivity index (χ0v) is 10.8. The summed E-state index contributed by atoms with van der Waals surface area (Å²) in [5.74, 6) is -0.413. The summed E-state index contributed by atoms with van der Waals surface area (Å²) in [4.78, 5) is 26.8. The molecule has 0 aliphatic carbocycles. The molecule has 0 aliphatic rings. The van der Waals surface area contributed by atoms with Crippen molar-refractivity contribution in [3.63, 3.8) is 0 Å². The highest BCUT2D eigenvalue weighted by Gasteiger charge is 2.32. The number of urea groups is 1. The summed E-state index contributed by atoms with van der Waals surface area (Å²) in [6.07, 6.45) is 1.53. The zero-order chi connectivity index (χ0) is 14.3. The predicted molar refractivity (Wildman–Crippen MR) is 68.5 cm³/mol. The average Bonchev–Trinajstić information content (AvgIpc) is 2.38. The number of hydrogen-bond acceptors (Lipinski definition) is 5. The van der Waals surface area contributed by atoms with Crippen molar-refractivity contribution in [2.75, 3.05) is 18.5 Å². The number of nitrogens with one attached hydrogen (secondary N) is 2. The third-order valence-corrected chi connectivity index (χ3v) is 2.21. The lowest BCUT2D eigenvalue weighted by molar-refractivity contribution is -0.162. The highest BCUT2D eigenvalue weighted by Crippen LogP contribution is 2.05. The number of rotatable bonds is 5. The second kappa shape index (κ2) is 6.69. The van der Waals surface area contributed by atoms with Crippen LogP contribution in [-0.4, -0.2) is 40.8 Å². The van der Waals surface area contributed by atoms with Crippen LogP contribution < -0.4 is 10.6 Å². The Hall–Kier alpha value is -2.15. The Morgan fingerprint density at radius 1 is 1.47 bits per heavy atom. The molecule has 0 bridgehead atoms. The Kier molecular flexibility index (Phi) is 5.25. The molecule has 19 heavy (non-hydrogen) atoms. The number of hydrogen-bond donors (Lipinski definition) is 3. The van der Waals surface area contributed by atoms with Crippen LogP contribution in [0, 0.1) is 0 Å². The molecule has 2 amide bonds. The Morgan fingerprint density at radius 3 is 2.79 bits per heavy atom. The lowest BCUT2D eigenvalue weighted by atomic mass is 10.1. The Morgan fingerprint density at radius 2 is 2.21 bits per heavy atom. The van der Waals surface area contributed by atoms with Crippen molar-refractivity contribution in [1.29, 1.82) is 0 Å². The minimum absolute atomic E-state index is 0.162. The van der Waals surface area contributed by atoms with E-state index in [1.165, 1.54) is 13.1 Å². The molecular weight excluding hydrogens is 250 g/mol. The number of ether oxygens (including phenoxy) is 1. The molecule has 0 fully saturated rings. The molecule has 0 aromatic carbocycles. The van der Waals surface area contributed by atoms with E-state index in [1.54, 1.807) is 25.1 Å². The standard InChI is InChI=1S/C12H17N3O4/c1-3-19-10(16)12(2,18)8-14-11(17)15-9-6-4-5-7-13-9/h4-7,18H,3,8H2,1-2H3,(H2,13,14,15,17). The molecule has 104 valence electrons. The lowest BCUT2D eigenvalue weighted by Gasteiger charge is -2.21. The Labute approximate surface area is 111 Å². The summed E-state index contributed by atoms with van der Waals surface area (Å²) in [7, 11) is 0. The van der Waals surface area contributed by atoms with Gasteiger partial charge in [-0.15, -0.1) is 0 Å². The van der Waals surface area contributed by atoms with Gasteiger partial charge in [0.2, 0.25) is 0 Å². The molecule has 1 rings (SSSR count). The second-order valence-corrected chi connectivity index (χ2v) is 4.02. The topological polar surface area (TPSA) is 101 Å². The maximum Gasteiger partial charge on any atom is 0.339 e. The molecule has 7 nitrogen and oxygen atoms in total. The molecule has 0 spiro atoms. The van der Waals surface area contributed by atoms with Crippen LogP contribution in [0.5, 0.6) is 0 Å². The largest absolute Gasteiger partial charge is 0.464 e. The van der Waals surface area contributed by atoms with Crippen LogP contribution in [0.15, 0.2) is 24.4 Å². The molecule has 0 radical (unpaired) electrons. The lowest BCUT2D eigenvalue weighted by Crippen LogP contribution is -2.48. The molecule has 0 aliphatic heterocycles. The highest BCUT2D eigenvalue weighted by molar-refractivity contribution is 5.89. The summed E-state index contributed by atoms with van der Waals surface area (Å²) in [5.41, 5.74) is -1.77. The number of amides is 2. The van der Waals surface area contributed by atoms with E-state index in [1.807, 2.05) is 0 Å². The monoisotopic (exact) mass is 267 g/mol. The van der Waals surface area contributed by atoms with Gasteiger partial charge in [0.05, 0.1) is 13.2 Å². The van der Waals surface area contributed by atoms with E-state index >= 15 is 0 Å². The third kappa shape index (κ3) is 4.92. The molecule has 1 aromatic rings. The van der Waals surface area contributed by atoms with E-state index in [0.717, 1.165) is 0 Å². The number of nitrogens with zero attached hydrogens (tertiary/aromatic N) is 1. The smallest absolute Gasteiger partial charge is 0.339 e. The number of esters is 1. The van der Waals surface area contributed by atoms with Gasteiger partial charge in [-0.25, -0.2) is 14.6 Å². The van der Waals surface area contributed by atoms with Crippen molar-refractivity contribution in [2.24, 2.45) is 0 Å². The Balaban J connectivity index is 2.44. The van der Waals surface area contributed by atoms with E-state index in [0.29, 0.717) is 5.82 Å². The highest BCUT2D eigenvalue weighted by atomic mass is 16.5. The van der Waals surface area contributed by atoms with E-state index in [4.69, 9.17) is 0 Å². The zero-order valence-electron chi connectivity index (χ0n) is 10.8. The first-order valence-electron chi connectivity index (χ1n) is 5.81. The summed E-state index contributed by atoms with van der Waals surface area (Å²) < 4.78 is 4.68. The van der Waals surface area contributed by atoms with Crippen molar-refractivity contribution >= 4 is 17.8 Å². The fourth-order valence-electron chi connectivity index (χ4n) is 1.21. The van der Waals surface area contributed by atoms with Crippen LogP contribution >= 0.6 is 0 Å². The number of pyridine rings is 1. The summed E-state index contributed by atoms with van der Waals surface area (Å²) in [5, 5.41) is 14.6. The molecule has 1 heterocycles. The number of carbonyl (C=O) groups excluding carboxylic acids is 2. The van der Waals surface area contributed by atoms with Crippen LogP contribution in [0.25, 0.3) is 0 Å². The summed E-state index contributed by atoms with van der Waals surface area (Å²) >= 11 is 0. The molecular formula is C12H17N3O4. The summed E-state index contributed by atoms with van der Waals surface area (Å²) in [6, 6.07) is 4.48. The molecule has 7 heteroatoms. The van der Waals surface area contributed by atoms with Gasteiger partial charge < -0.3 is 15.2 Å². The maximum atomic E-state index is 11.5. The Bertz CT molecular complexity index is 434. The van der Waals surface area contributed by atoms with Crippen molar-refractivity contribution in [1.82, 2.24) is 10.3 Å². The van der Waals surface area contributed by atoms with Gasteiger partial charge in [0.1, 0.15) is 5.82 Å². The number of carbonyl (C=O) groups is 2. The van der Waals surface area contributed by atoms with E-state index in [-0.39, 0.29) is 13.2 Å². The number of anilines is 1. The first kappa shape index (κ1) is 14.9. The van der Waals surface area contributed by atoms with Gasteiger partial charge in [-0.2, -0.15) is 0 Å². The number of aliphatic hydroxyl groups is 1. The summed E-state index contributed by atoms with van der Waals surface area (Å²) in [6.45, 7) is 2.81. The molecule has 1 unspecified atom stereocenters. The van der Waals surface area contributed by atoms with Gasteiger partial charge in [0, 0.05) is 6.20 Å². The van der Waals surface area contributed by atoms with Crippen molar-refractivity contribution < 1.29 is 19.4 Å². The minimum Gasteiger partial charge on any atom is -0.464 e. The molecule has 0 saturated heterocycles. The van der Waals surface area contributed by atoms with Crippen LogP contribution in [0.3, 0.4) is 0 Å². The van der Waals surface area contributed by atoms with Crippen LogP contribution in [0.1, 0.15) is 13.8 Å². The average molecular weight is 267 g/mol. The van der Waals surface area contributed by atoms with Gasteiger partial charge in [-0.05, 0) is 26.0 Å².